The molecule has 0 unspecified atom stereocenters. The van der Waals surface area contributed by atoms with Crippen LogP contribution in [-0.4, -0.2) is 43.3 Å². The van der Waals surface area contributed by atoms with Gasteiger partial charge < -0.3 is 19.7 Å². The third kappa shape index (κ3) is 1.50. The van der Waals surface area contributed by atoms with Crippen LogP contribution in [0, 0.1) is 0 Å². The van der Waals surface area contributed by atoms with E-state index in [-0.39, 0.29) is 12.4 Å². The summed E-state index contributed by atoms with van der Waals surface area (Å²) >= 11 is 0. The largest absolute Gasteiger partial charge is 0.475 e. The van der Waals surface area contributed by atoms with Crippen LogP contribution in [0.15, 0.2) is 0 Å². The summed E-state index contributed by atoms with van der Waals surface area (Å²) in [4.78, 5) is 26.8. The van der Waals surface area contributed by atoms with Crippen molar-refractivity contribution >= 4 is 12.1 Å². The molecule has 2 heterocycles. The molecule has 1 aromatic heterocycles. The molecule has 2 rings (SSSR count). The van der Waals surface area contributed by atoms with Gasteiger partial charge in [-0.3, -0.25) is 0 Å². The summed E-state index contributed by atoms with van der Waals surface area (Å²) in [7, 11) is 1.63. The van der Waals surface area contributed by atoms with E-state index in [1.54, 1.807) is 7.05 Å². The molecule has 7 heteroatoms. The van der Waals surface area contributed by atoms with Gasteiger partial charge in [-0.25, -0.2) is 14.6 Å². The molecule has 0 aromatic carbocycles. The van der Waals surface area contributed by atoms with Gasteiger partial charge in [-0.2, -0.15) is 0 Å². The Kier molecular flexibility index (Phi) is 2.30. The lowest BCUT2D eigenvalue weighted by atomic mass is 10.1. The molecule has 0 bridgehead atoms. The summed E-state index contributed by atoms with van der Waals surface area (Å²) < 4.78 is 1.51. The van der Waals surface area contributed by atoms with Crippen molar-refractivity contribution in [3.05, 3.63) is 17.2 Å². The van der Waals surface area contributed by atoms with Crippen LogP contribution in [0.2, 0.25) is 0 Å². The van der Waals surface area contributed by atoms with Crippen LogP contribution in [0.25, 0.3) is 0 Å². The average molecular weight is 225 g/mol. The van der Waals surface area contributed by atoms with Gasteiger partial charge in [0.25, 0.3) is 0 Å². The van der Waals surface area contributed by atoms with Crippen LogP contribution < -0.4 is 0 Å². The lowest BCUT2D eigenvalue weighted by Crippen LogP contribution is -2.35. The number of carboxylic acids is 1. The van der Waals surface area contributed by atoms with Crippen LogP contribution in [0.5, 0.6) is 0 Å². The average Bonchev–Trinajstić information content (AvgIpc) is 2.55. The maximum atomic E-state index is 10.8. The zero-order valence-electron chi connectivity index (χ0n) is 8.67. The highest BCUT2D eigenvalue weighted by molar-refractivity contribution is 5.84. The highest BCUT2D eigenvalue weighted by atomic mass is 16.4. The molecule has 1 aliphatic heterocycles. The molecule has 0 saturated carbocycles. The summed E-state index contributed by atoms with van der Waals surface area (Å²) in [5.41, 5.74) is 1.34. The van der Waals surface area contributed by atoms with Gasteiger partial charge in [0.05, 0.1) is 12.2 Å². The van der Waals surface area contributed by atoms with Crippen LogP contribution in [0.1, 0.15) is 22.0 Å². The summed E-state index contributed by atoms with van der Waals surface area (Å²) in [6.45, 7) is 0.534. The fourth-order valence-electron chi connectivity index (χ4n) is 1.88. The molecule has 16 heavy (non-hydrogen) atoms. The van der Waals surface area contributed by atoms with E-state index >= 15 is 0 Å². The minimum atomic E-state index is -1.10. The quantitative estimate of drug-likeness (QED) is 0.709. The predicted molar refractivity (Wildman–Crippen MR) is 52.3 cm³/mol. The van der Waals surface area contributed by atoms with Gasteiger partial charge in [0.15, 0.2) is 0 Å². The first kappa shape index (κ1) is 10.5. The molecular weight excluding hydrogens is 214 g/mol. The Morgan fingerprint density at radius 2 is 2.06 bits per heavy atom. The highest BCUT2D eigenvalue weighted by Gasteiger charge is 2.26. The van der Waals surface area contributed by atoms with Crippen molar-refractivity contribution in [2.24, 2.45) is 7.05 Å². The number of rotatable bonds is 1. The van der Waals surface area contributed by atoms with Gasteiger partial charge in [-0.15, -0.1) is 0 Å². The predicted octanol–water partition coefficient (Wildman–Crippen LogP) is 0.154. The number of fused-ring (bicyclic) bond motifs is 1. The SMILES string of the molecule is Cn1c(C(=O)O)nc2c1CCN(C(=O)O)C2. The number of carbonyl (C=O) groups is 2. The van der Waals surface area contributed by atoms with E-state index in [1.165, 1.54) is 9.47 Å². The number of nitrogens with zero attached hydrogens (tertiary/aromatic N) is 3. The fourth-order valence-corrected chi connectivity index (χ4v) is 1.88. The minimum absolute atomic E-state index is 0.0442. The van der Waals surface area contributed by atoms with Crippen molar-refractivity contribution < 1.29 is 19.8 Å². The molecular formula is C9H11N3O4. The van der Waals surface area contributed by atoms with Crippen LogP contribution in [0.3, 0.4) is 0 Å². The van der Waals surface area contributed by atoms with Crippen LogP contribution >= 0.6 is 0 Å². The molecule has 1 amide bonds. The molecule has 0 spiro atoms. The smallest absolute Gasteiger partial charge is 0.407 e. The van der Waals surface area contributed by atoms with Crippen LogP contribution in [-0.2, 0) is 20.0 Å². The van der Waals surface area contributed by atoms with E-state index in [2.05, 4.69) is 4.98 Å². The molecule has 0 saturated heterocycles. The molecule has 1 aliphatic rings. The maximum Gasteiger partial charge on any atom is 0.407 e. The first-order valence-corrected chi connectivity index (χ1v) is 4.76. The molecule has 0 aliphatic carbocycles. The van der Waals surface area contributed by atoms with Crippen molar-refractivity contribution in [1.82, 2.24) is 14.5 Å². The van der Waals surface area contributed by atoms with Crippen molar-refractivity contribution in [2.75, 3.05) is 6.54 Å². The molecule has 0 radical (unpaired) electrons. The first-order valence-electron chi connectivity index (χ1n) is 4.76. The third-order valence-corrected chi connectivity index (χ3v) is 2.72. The molecule has 0 fully saturated rings. The Bertz CT molecular complexity index is 466. The number of imidazole rings is 1. The lowest BCUT2D eigenvalue weighted by molar-refractivity contribution is 0.0679. The summed E-state index contributed by atoms with van der Waals surface area (Å²) in [6.07, 6.45) is -0.508. The van der Waals surface area contributed by atoms with Gasteiger partial charge >= 0.3 is 12.1 Å². The zero-order chi connectivity index (χ0) is 11.9. The number of amides is 1. The highest BCUT2D eigenvalue weighted by Crippen LogP contribution is 2.19. The minimum Gasteiger partial charge on any atom is -0.475 e. The Labute approximate surface area is 90.9 Å². The number of aromatic nitrogens is 2. The third-order valence-electron chi connectivity index (χ3n) is 2.72. The number of hydrogen-bond acceptors (Lipinski definition) is 3. The molecule has 7 nitrogen and oxygen atoms in total. The van der Waals surface area contributed by atoms with E-state index in [0.717, 1.165) is 5.69 Å². The summed E-state index contributed by atoms with van der Waals surface area (Å²) in [6, 6.07) is 0. The monoisotopic (exact) mass is 225 g/mol. The Hall–Kier alpha value is -2.05. The normalized spacial score (nSPS) is 14.7. The fraction of sp³-hybridized carbons (Fsp3) is 0.444. The van der Waals surface area contributed by atoms with Gasteiger partial charge in [0, 0.05) is 25.7 Å². The number of hydrogen-bond donors (Lipinski definition) is 2. The van der Waals surface area contributed by atoms with E-state index in [1.807, 2.05) is 0 Å². The van der Waals surface area contributed by atoms with Gasteiger partial charge in [0.2, 0.25) is 5.82 Å². The second-order valence-electron chi connectivity index (χ2n) is 3.65. The summed E-state index contributed by atoms with van der Waals surface area (Å²) in [5.74, 6) is -1.14. The molecule has 1 aromatic rings. The van der Waals surface area contributed by atoms with E-state index in [4.69, 9.17) is 10.2 Å². The molecule has 2 N–H and O–H groups in total. The van der Waals surface area contributed by atoms with E-state index < -0.39 is 12.1 Å². The van der Waals surface area contributed by atoms with Crippen molar-refractivity contribution in [3.8, 4) is 0 Å². The summed E-state index contributed by atoms with van der Waals surface area (Å²) in [5, 5.41) is 17.7. The number of carboxylic acid groups (broad SMARTS) is 2. The lowest BCUT2D eigenvalue weighted by Gasteiger charge is -2.23. The second-order valence-corrected chi connectivity index (χ2v) is 3.65. The zero-order valence-corrected chi connectivity index (χ0v) is 8.67. The molecule has 86 valence electrons. The van der Waals surface area contributed by atoms with Crippen molar-refractivity contribution in [3.63, 3.8) is 0 Å². The van der Waals surface area contributed by atoms with E-state index in [0.29, 0.717) is 18.7 Å². The van der Waals surface area contributed by atoms with Crippen molar-refractivity contribution in [1.29, 1.82) is 0 Å². The van der Waals surface area contributed by atoms with Gasteiger partial charge in [-0.05, 0) is 0 Å². The molecule has 0 atom stereocenters. The Morgan fingerprint density at radius 1 is 1.38 bits per heavy atom. The van der Waals surface area contributed by atoms with E-state index in [9.17, 15) is 9.59 Å². The van der Waals surface area contributed by atoms with Gasteiger partial charge in [0.1, 0.15) is 0 Å². The number of aromatic carboxylic acids is 1. The van der Waals surface area contributed by atoms with Gasteiger partial charge in [-0.1, -0.05) is 0 Å². The maximum absolute atomic E-state index is 10.8. The Morgan fingerprint density at radius 3 is 2.62 bits per heavy atom. The first-order chi connectivity index (χ1) is 7.50. The second kappa shape index (κ2) is 3.51. The standard InChI is InChI=1S/C9H11N3O4/c1-11-6-2-3-12(9(15)16)4-5(6)10-7(11)8(13)14/h2-4H2,1H3,(H,13,14)(H,15,16). The van der Waals surface area contributed by atoms with Crippen LogP contribution in [0.4, 0.5) is 4.79 Å². The van der Waals surface area contributed by atoms with Crippen molar-refractivity contribution in [2.45, 2.75) is 13.0 Å². The topological polar surface area (TPSA) is 95.7 Å². The Balaban J connectivity index is 2.37.